The summed E-state index contributed by atoms with van der Waals surface area (Å²) in [7, 11) is 3.74. The lowest BCUT2D eigenvalue weighted by Crippen LogP contribution is -2.19. The molecule has 1 aromatic heterocycles. The first kappa shape index (κ1) is 14.0. The molecule has 2 rings (SSSR count). The summed E-state index contributed by atoms with van der Waals surface area (Å²) < 4.78 is 15.5. The normalized spacial score (nSPS) is 12.7. The summed E-state index contributed by atoms with van der Waals surface area (Å²) >= 11 is 5.92. The highest BCUT2D eigenvalue weighted by molar-refractivity contribution is 6.30. The summed E-state index contributed by atoms with van der Waals surface area (Å²) in [5, 5.41) is 8.07. The molecule has 1 N–H and O–H groups in total. The van der Waals surface area contributed by atoms with E-state index < -0.39 is 0 Å². The molecule has 1 aromatic carbocycles. The topological polar surface area (TPSA) is 29.9 Å². The quantitative estimate of drug-likeness (QED) is 0.934. The van der Waals surface area contributed by atoms with E-state index in [9.17, 15) is 4.39 Å². The highest BCUT2D eigenvalue weighted by Gasteiger charge is 2.17. The minimum absolute atomic E-state index is 0.0154. The fraction of sp³-hybridized carbons (Fsp3) is 0.357. The van der Waals surface area contributed by atoms with Gasteiger partial charge in [0.2, 0.25) is 0 Å². The van der Waals surface area contributed by atoms with Gasteiger partial charge in [-0.1, -0.05) is 11.6 Å². The van der Waals surface area contributed by atoms with Gasteiger partial charge in [0.05, 0.1) is 5.69 Å². The van der Waals surface area contributed by atoms with E-state index in [2.05, 4.69) is 10.4 Å². The van der Waals surface area contributed by atoms with Gasteiger partial charge in [0.25, 0.3) is 0 Å². The number of rotatable bonds is 4. The predicted octanol–water partition coefficient (Wildman–Crippen LogP) is 3.02. The average Bonchev–Trinajstić information content (AvgIpc) is 2.69. The summed E-state index contributed by atoms with van der Waals surface area (Å²) in [5.74, 6) is -0.230. The van der Waals surface area contributed by atoms with E-state index in [1.165, 1.54) is 6.07 Å². The predicted molar refractivity (Wildman–Crippen MR) is 74.9 cm³/mol. The van der Waals surface area contributed by atoms with Gasteiger partial charge in [-0.15, -0.1) is 0 Å². The Hall–Kier alpha value is -1.39. The fourth-order valence-corrected chi connectivity index (χ4v) is 2.44. The molecule has 1 atom stereocenters. The summed E-state index contributed by atoms with van der Waals surface area (Å²) in [4.78, 5) is 0. The average molecular weight is 282 g/mol. The van der Waals surface area contributed by atoms with E-state index in [0.717, 1.165) is 11.3 Å². The molecule has 1 unspecified atom stereocenters. The standard InChI is InChI=1S/C14H17ClFN3/c1-9-12(8-19(3)18-9)14(17-2)7-10-6-11(15)4-5-13(10)16/h4-6,8,14,17H,7H2,1-3H3. The summed E-state index contributed by atoms with van der Waals surface area (Å²) in [5.41, 5.74) is 2.63. The summed E-state index contributed by atoms with van der Waals surface area (Å²) in [6, 6.07) is 4.65. The monoisotopic (exact) mass is 281 g/mol. The fourth-order valence-electron chi connectivity index (χ4n) is 2.25. The number of likely N-dealkylation sites (N-methyl/N-ethyl adjacent to an activating group) is 1. The van der Waals surface area contributed by atoms with Crippen LogP contribution in [0.4, 0.5) is 4.39 Å². The number of hydrogen-bond acceptors (Lipinski definition) is 2. The van der Waals surface area contributed by atoms with Gasteiger partial charge in [0.15, 0.2) is 0 Å². The number of hydrogen-bond donors (Lipinski definition) is 1. The van der Waals surface area contributed by atoms with Crippen molar-refractivity contribution in [3.63, 3.8) is 0 Å². The van der Waals surface area contributed by atoms with Crippen molar-refractivity contribution in [3.8, 4) is 0 Å². The second kappa shape index (κ2) is 5.72. The zero-order valence-electron chi connectivity index (χ0n) is 11.2. The minimum atomic E-state index is -0.230. The highest BCUT2D eigenvalue weighted by Crippen LogP contribution is 2.24. The molecular formula is C14H17ClFN3. The zero-order valence-corrected chi connectivity index (χ0v) is 12.0. The van der Waals surface area contributed by atoms with E-state index >= 15 is 0 Å². The smallest absolute Gasteiger partial charge is 0.126 e. The number of aryl methyl sites for hydroxylation is 2. The lowest BCUT2D eigenvalue weighted by molar-refractivity contribution is 0.552. The van der Waals surface area contributed by atoms with E-state index in [-0.39, 0.29) is 11.9 Å². The van der Waals surface area contributed by atoms with Crippen LogP contribution in [0.1, 0.15) is 22.9 Å². The second-order valence-electron chi connectivity index (χ2n) is 4.62. The third-order valence-electron chi connectivity index (χ3n) is 3.21. The molecule has 0 bridgehead atoms. The number of aromatic nitrogens is 2. The van der Waals surface area contributed by atoms with Crippen molar-refractivity contribution in [2.75, 3.05) is 7.05 Å². The highest BCUT2D eigenvalue weighted by atomic mass is 35.5. The van der Waals surface area contributed by atoms with Crippen LogP contribution < -0.4 is 5.32 Å². The Morgan fingerprint density at radius 1 is 1.47 bits per heavy atom. The molecule has 0 aliphatic carbocycles. The molecule has 1 heterocycles. The third kappa shape index (κ3) is 3.14. The number of nitrogens with one attached hydrogen (secondary N) is 1. The molecule has 102 valence electrons. The molecule has 5 heteroatoms. The van der Waals surface area contributed by atoms with Crippen LogP contribution in [0.15, 0.2) is 24.4 Å². The maximum Gasteiger partial charge on any atom is 0.126 e. The first-order chi connectivity index (χ1) is 9.01. The molecule has 0 radical (unpaired) electrons. The molecule has 0 spiro atoms. The minimum Gasteiger partial charge on any atom is -0.313 e. The first-order valence-electron chi connectivity index (χ1n) is 6.12. The van der Waals surface area contributed by atoms with Crippen molar-refractivity contribution in [1.82, 2.24) is 15.1 Å². The molecule has 19 heavy (non-hydrogen) atoms. The van der Waals surface area contributed by atoms with Crippen LogP contribution in [-0.2, 0) is 13.5 Å². The molecule has 0 aliphatic rings. The van der Waals surface area contributed by atoms with Crippen LogP contribution in [0.5, 0.6) is 0 Å². The van der Waals surface area contributed by atoms with E-state index in [1.807, 2.05) is 27.2 Å². The van der Waals surface area contributed by atoms with Crippen LogP contribution >= 0.6 is 11.6 Å². The Labute approximate surface area is 117 Å². The maximum atomic E-state index is 13.8. The van der Waals surface area contributed by atoms with Gasteiger partial charge in [-0.25, -0.2) is 4.39 Å². The van der Waals surface area contributed by atoms with Crippen LogP contribution in [0.2, 0.25) is 5.02 Å². The van der Waals surface area contributed by atoms with Crippen molar-refractivity contribution in [2.24, 2.45) is 7.05 Å². The number of halogens is 2. The molecule has 0 saturated carbocycles. The Morgan fingerprint density at radius 3 is 2.79 bits per heavy atom. The van der Waals surface area contributed by atoms with Crippen molar-refractivity contribution < 1.29 is 4.39 Å². The van der Waals surface area contributed by atoms with E-state index in [1.54, 1.807) is 16.8 Å². The van der Waals surface area contributed by atoms with Crippen molar-refractivity contribution in [1.29, 1.82) is 0 Å². The van der Waals surface area contributed by atoms with Crippen LogP contribution in [0.3, 0.4) is 0 Å². The van der Waals surface area contributed by atoms with Gasteiger partial charge in [-0.2, -0.15) is 5.10 Å². The van der Waals surface area contributed by atoms with Gasteiger partial charge in [-0.3, -0.25) is 4.68 Å². The van der Waals surface area contributed by atoms with Crippen LogP contribution in [0.25, 0.3) is 0 Å². The SMILES string of the molecule is CNC(Cc1cc(Cl)ccc1F)c1cn(C)nc1C. The van der Waals surface area contributed by atoms with E-state index in [0.29, 0.717) is 17.0 Å². The first-order valence-corrected chi connectivity index (χ1v) is 6.50. The van der Waals surface area contributed by atoms with Crippen LogP contribution in [0, 0.1) is 12.7 Å². The van der Waals surface area contributed by atoms with Gasteiger partial charge in [0, 0.05) is 29.9 Å². The molecule has 0 amide bonds. The Bertz CT molecular complexity index is 580. The largest absolute Gasteiger partial charge is 0.313 e. The third-order valence-corrected chi connectivity index (χ3v) is 3.44. The summed E-state index contributed by atoms with van der Waals surface area (Å²) in [6.07, 6.45) is 2.49. The molecule has 2 aromatic rings. The molecule has 0 aliphatic heterocycles. The molecule has 3 nitrogen and oxygen atoms in total. The Kier molecular flexibility index (Phi) is 4.22. The van der Waals surface area contributed by atoms with Crippen molar-refractivity contribution >= 4 is 11.6 Å². The van der Waals surface area contributed by atoms with Gasteiger partial charge in [0.1, 0.15) is 5.82 Å². The van der Waals surface area contributed by atoms with Crippen molar-refractivity contribution in [3.05, 3.63) is 52.1 Å². The number of nitrogens with zero attached hydrogens (tertiary/aromatic N) is 2. The van der Waals surface area contributed by atoms with E-state index in [4.69, 9.17) is 11.6 Å². The Morgan fingerprint density at radius 2 is 2.21 bits per heavy atom. The van der Waals surface area contributed by atoms with Gasteiger partial charge < -0.3 is 5.32 Å². The van der Waals surface area contributed by atoms with Crippen LogP contribution in [-0.4, -0.2) is 16.8 Å². The second-order valence-corrected chi connectivity index (χ2v) is 5.06. The molecule has 0 saturated heterocycles. The van der Waals surface area contributed by atoms with Gasteiger partial charge in [-0.05, 0) is 44.2 Å². The van der Waals surface area contributed by atoms with Gasteiger partial charge >= 0.3 is 0 Å². The molecular weight excluding hydrogens is 265 g/mol. The number of benzene rings is 1. The maximum absolute atomic E-state index is 13.8. The zero-order chi connectivity index (χ0) is 14.0. The van der Waals surface area contributed by atoms with Crippen molar-refractivity contribution in [2.45, 2.75) is 19.4 Å². The lowest BCUT2D eigenvalue weighted by atomic mass is 9.99. The molecule has 0 fully saturated rings. The lowest BCUT2D eigenvalue weighted by Gasteiger charge is -2.16. The summed E-state index contributed by atoms with van der Waals surface area (Å²) in [6.45, 7) is 1.95. The Balaban J connectivity index is 2.29.